The summed E-state index contributed by atoms with van der Waals surface area (Å²) in [4.78, 5) is 12.8. The minimum absolute atomic E-state index is 0.227. The molecule has 1 N–H and O–H groups in total. The van der Waals surface area contributed by atoms with Crippen LogP contribution in [0, 0.1) is 0 Å². The number of unbranched alkanes of at least 4 members (excludes halogenated alkanes) is 1. The Bertz CT molecular complexity index is 176. The predicted molar refractivity (Wildman–Crippen MR) is 56.4 cm³/mol. The summed E-state index contributed by atoms with van der Waals surface area (Å²) >= 11 is 0. The molecule has 0 amide bonds. The standard InChI is InChI=1S/C11H21NO2/c1-2-3-8-12(9-11(13)14)10-6-4-5-7-10/h10H,2-9H2,1H3,(H,13,14). The Balaban J connectivity index is 2.37. The molecule has 1 saturated carbocycles. The first kappa shape index (κ1) is 11.5. The van der Waals surface area contributed by atoms with Crippen LogP contribution in [0.4, 0.5) is 0 Å². The van der Waals surface area contributed by atoms with Crippen LogP contribution in [0.2, 0.25) is 0 Å². The first-order valence-corrected chi connectivity index (χ1v) is 5.70. The van der Waals surface area contributed by atoms with Gasteiger partial charge in [0.1, 0.15) is 0 Å². The van der Waals surface area contributed by atoms with E-state index in [4.69, 9.17) is 5.11 Å². The van der Waals surface area contributed by atoms with Crippen LogP contribution in [0.25, 0.3) is 0 Å². The highest BCUT2D eigenvalue weighted by Gasteiger charge is 2.23. The highest BCUT2D eigenvalue weighted by atomic mass is 16.4. The maximum absolute atomic E-state index is 10.7. The molecule has 3 nitrogen and oxygen atoms in total. The Kier molecular flexibility index (Phi) is 4.94. The molecule has 3 heteroatoms. The molecular weight excluding hydrogens is 178 g/mol. The highest BCUT2D eigenvalue weighted by molar-refractivity contribution is 5.69. The van der Waals surface area contributed by atoms with Crippen LogP contribution < -0.4 is 0 Å². The average molecular weight is 199 g/mol. The van der Waals surface area contributed by atoms with Gasteiger partial charge >= 0.3 is 5.97 Å². The summed E-state index contributed by atoms with van der Waals surface area (Å²) in [6.07, 6.45) is 7.18. The van der Waals surface area contributed by atoms with E-state index < -0.39 is 5.97 Å². The molecule has 82 valence electrons. The Morgan fingerprint density at radius 2 is 2.07 bits per heavy atom. The van der Waals surface area contributed by atoms with Gasteiger partial charge in [-0.2, -0.15) is 0 Å². The van der Waals surface area contributed by atoms with Gasteiger partial charge in [-0.1, -0.05) is 26.2 Å². The topological polar surface area (TPSA) is 40.5 Å². The predicted octanol–water partition coefficient (Wildman–Crippen LogP) is 2.12. The molecule has 0 radical (unpaired) electrons. The van der Waals surface area contributed by atoms with Crippen molar-refractivity contribution in [1.82, 2.24) is 4.90 Å². The van der Waals surface area contributed by atoms with Crippen molar-refractivity contribution in [2.75, 3.05) is 13.1 Å². The van der Waals surface area contributed by atoms with Gasteiger partial charge in [-0.3, -0.25) is 9.69 Å². The van der Waals surface area contributed by atoms with E-state index in [-0.39, 0.29) is 6.54 Å². The van der Waals surface area contributed by atoms with Gasteiger partial charge in [-0.25, -0.2) is 0 Å². The lowest BCUT2D eigenvalue weighted by Crippen LogP contribution is -2.38. The fourth-order valence-corrected chi connectivity index (χ4v) is 2.20. The van der Waals surface area contributed by atoms with E-state index in [1.165, 1.54) is 25.7 Å². The molecule has 0 bridgehead atoms. The van der Waals surface area contributed by atoms with Gasteiger partial charge in [0.25, 0.3) is 0 Å². The molecule has 14 heavy (non-hydrogen) atoms. The number of hydrogen-bond donors (Lipinski definition) is 1. The molecule has 0 saturated heterocycles. The lowest BCUT2D eigenvalue weighted by molar-refractivity contribution is -0.138. The van der Waals surface area contributed by atoms with E-state index >= 15 is 0 Å². The van der Waals surface area contributed by atoms with Crippen LogP contribution in [-0.2, 0) is 4.79 Å². The molecule has 0 heterocycles. The lowest BCUT2D eigenvalue weighted by atomic mass is 10.2. The largest absolute Gasteiger partial charge is 0.480 e. The number of aliphatic carboxylic acids is 1. The van der Waals surface area contributed by atoms with Crippen LogP contribution in [0.5, 0.6) is 0 Å². The van der Waals surface area contributed by atoms with Crippen molar-refractivity contribution in [3.8, 4) is 0 Å². The van der Waals surface area contributed by atoms with Gasteiger partial charge in [-0.05, 0) is 25.8 Å². The molecule has 0 unspecified atom stereocenters. The van der Waals surface area contributed by atoms with E-state index in [1.807, 2.05) is 0 Å². The van der Waals surface area contributed by atoms with E-state index in [1.54, 1.807) is 0 Å². The van der Waals surface area contributed by atoms with Crippen LogP contribution in [0.1, 0.15) is 45.4 Å². The molecule has 1 aliphatic rings. The van der Waals surface area contributed by atoms with Crippen molar-refractivity contribution in [2.24, 2.45) is 0 Å². The second kappa shape index (κ2) is 6.02. The zero-order valence-corrected chi connectivity index (χ0v) is 9.04. The first-order valence-electron chi connectivity index (χ1n) is 5.70. The molecule has 0 aromatic heterocycles. The van der Waals surface area contributed by atoms with Crippen molar-refractivity contribution < 1.29 is 9.90 Å². The second-order valence-corrected chi connectivity index (χ2v) is 4.16. The maximum atomic E-state index is 10.7. The summed E-state index contributed by atoms with van der Waals surface area (Å²) < 4.78 is 0. The molecule has 0 atom stereocenters. The number of hydrogen-bond acceptors (Lipinski definition) is 2. The van der Waals surface area contributed by atoms with Gasteiger partial charge < -0.3 is 5.11 Å². The van der Waals surface area contributed by atoms with Gasteiger partial charge in [0, 0.05) is 6.04 Å². The van der Waals surface area contributed by atoms with Crippen molar-refractivity contribution in [2.45, 2.75) is 51.5 Å². The van der Waals surface area contributed by atoms with Gasteiger partial charge in [0.2, 0.25) is 0 Å². The third-order valence-electron chi connectivity index (χ3n) is 2.98. The molecule has 1 aliphatic carbocycles. The zero-order valence-electron chi connectivity index (χ0n) is 9.04. The number of carbonyl (C=O) groups is 1. The Morgan fingerprint density at radius 1 is 1.43 bits per heavy atom. The van der Waals surface area contributed by atoms with Crippen LogP contribution in [-0.4, -0.2) is 35.1 Å². The summed E-state index contributed by atoms with van der Waals surface area (Å²) in [5, 5.41) is 8.80. The molecule has 0 aliphatic heterocycles. The average Bonchev–Trinajstić information content (AvgIpc) is 2.64. The third-order valence-corrected chi connectivity index (χ3v) is 2.98. The molecular formula is C11H21NO2. The van der Waals surface area contributed by atoms with E-state index in [2.05, 4.69) is 11.8 Å². The smallest absolute Gasteiger partial charge is 0.317 e. The maximum Gasteiger partial charge on any atom is 0.317 e. The molecule has 0 spiro atoms. The highest BCUT2D eigenvalue weighted by Crippen LogP contribution is 2.23. The van der Waals surface area contributed by atoms with E-state index in [0.717, 1.165) is 19.4 Å². The number of nitrogens with zero attached hydrogens (tertiary/aromatic N) is 1. The van der Waals surface area contributed by atoms with Crippen LogP contribution in [0.15, 0.2) is 0 Å². The normalized spacial score (nSPS) is 17.9. The summed E-state index contributed by atoms with van der Waals surface area (Å²) in [6, 6.07) is 0.539. The summed E-state index contributed by atoms with van der Waals surface area (Å²) in [5.74, 6) is -0.687. The Hall–Kier alpha value is -0.570. The van der Waals surface area contributed by atoms with Crippen molar-refractivity contribution in [3.05, 3.63) is 0 Å². The van der Waals surface area contributed by atoms with Gasteiger partial charge in [-0.15, -0.1) is 0 Å². The zero-order chi connectivity index (χ0) is 10.4. The molecule has 0 aromatic rings. The summed E-state index contributed by atoms with van der Waals surface area (Å²) in [5.41, 5.74) is 0. The van der Waals surface area contributed by atoms with E-state index in [9.17, 15) is 4.79 Å². The minimum Gasteiger partial charge on any atom is -0.480 e. The Labute approximate surface area is 86.1 Å². The third kappa shape index (κ3) is 3.66. The Morgan fingerprint density at radius 3 is 2.57 bits per heavy atom. The lowest BCUT2D eigenvalue weighted by Gasteiger charge is -2.26. The number of rotatable bonds is 6. The van der Waals surface area contributed by atoms with Crippen molar-refractivity contribution in [1.29, 1.82) is 0 Å². The fourth-order valence-electron chi connectivity index (χ4n) is 2.20. The minimum atomic E-state index is -0.687. The monoisotopic (exact) mass is 199 g/mol. The molecule has 1 fully saturated rings. The second-order valence-electron chi connectivity index (χ2n) is 4.16. The first-order chi connectivity index (χ1) is 6.74. The van der Waals surface area contributed by atoms with E-state index in [0.29, 0.717) is 6.04 Å². The van der Waals surface area contributed by atoms with Crippen molar-refractivity contribution >= 4 is 5.97 Å². The van der Waals surface area contributed by atoms with Gasteiger partial charge in [0.15, 0.2) is 0 Å². The van der Waals surface area contributed by atoms with Crippen LogP contribution >= 0.6 is 0 Å². The fraction of sp³-hybridized carbons (Fsp3) is 0.909. The molecule has 1 rings (SSSR count). The molecule has 0 aromatic carbocycles. The number of carboxylic acid groups (broad SMARTS) is 1. The van der Waals surface area contributed by atoms with Gasteiger partial charge in [0.05, 0.1) is 6.54 Å². The number of carboxylic acids is 1. The quantitative estimate of drug-likeness (QED) is 0.712. The SMILES string of the molecule is CCCCN(CC(=O)O)C1CCCC1. The summed E-state index contributed by atoms with van der Waals surface area (Å²) in [6.45, 7) is 3.33. The van der Waals surface area contributed by atoms with Crippen LogP contribution in [0.3, 0.4) is 0 Å². The summed E-state index contributed by atoms with van der Waals surface area (Å²) in [7, 11) is 0. The van der Waals surface area contributed by atoms with Crippen molar-refractivity contribution in [3.63, 3.8) is 0 Å².